The number of anilines is 1. The zero-order valence-electron chi connectivity index (χ0n) is 9.26. The van der Waals surface area contributed by atoms with Crippen LogP contribution in [-0.2, 0) is 4.79 Å². The maximum atomic E-state index is 12.8. The van der Waals surface area contributed by atoms with Crippen molar-refractivity contribution in [1.29, 1.82) is 0 Å². The van der Waals surface area contributed by atoms with E-state index < -0.39 is 41.0 Å². The van der Waals surface area contributed by atoms with Crippen molar-refractivity contribution >= 4 is 17.6 Å². The lowest BCUT2D eigenvalue weighted by Gasteiger charge is -2.19. The number of carbonyl (C=O) groups is 2. The normalized spacial score (nSPS) is 12.1. The third-order valence-electron chi connectivity index (χ3n) is 2.10. The second kappa shape index (κ2) is 5.02. The molecule has 0 aliphatic heterocycles. The molecule has 1 amide bonds. The van der Waals surface area contributed by atoms with Gasteiger partial charge in [-0.25, -0.2) is 9.18 Å². The van der Waals surface area contributed by atoms with E-state index in [1.807, 2.05) is 0 Å². The molecule has 110 valence electrons. The van der Waals surface area contributed by atoms with Gasteiger partial charge in [0.05, 0.1) is 11.3 Å². The largest absolute Gasteiger partial charge is 0.478 e. The topological polar surface area (TPSA) is 66.4 Å². The number of amides is 1. The highest BCUT2D eigenvalue weighted by atomic mass is 19.4. The van der Waals surface area contributed by atoms with Gasteiger partial charge in [0.1, 0.15) is 5.82 Å². The average Bonchev–Trinajstić information content (AvgIpc) is 2.29. The molecule has 0 aliphatic carbocycles. The Morgan fingerprint density at radius 3 is 2.10 bits per heavy atom. The quantitative estimate of drug-likeness (QED) is 0.843. The van der Waals surface area contributed by atoms with Gasteiger partial charge in [0.25, 0.3) is 0 Å². The van der Waals surface area contributed by atoms with Crippen molar-refractivity contribution in [2.75, 3.05) is 5.32 Å². The Bertz CT molecular complexity index is 554. The van der Waals surface area contributed by atoms with Gasteiger partial charge >= 0.3 is 24.0 Å². The van der Waals surface area contributed by atoms with E-state index >= 15 is 0 Å². The summed E-state index contributed by atoms with van der Waals surface area (Å²) in [4.78, 5) is 21.5. The summed E-state index contributed by atoms with van der Waals surface area (Å²) in [6.45, 7) is 0. The molecule has 0 aliphatic rings. The fourth-order valence-corrected chi connectivity index (χ4v) is 1.13. The van der Waals surface area contributed by atoms with E-state index in [1.54, 1.807) is 0 Å². The van der Waals surface area contributed by atoms with Gasteiger partial charge in [-0.05, 0) is 18.2 Å². The molecule has 0 unspecified atom stereocenters. The van der Waals surface area contributed by atoms with Crippen molar-refractivity contribution in [2.24, 2.45) is 0 Å². The molecule has 0 heterocycles. The summed E-state index contributed by atoms with van der Waals surface area (Å²) in [6, 6.07) is 1.51. The smallest absolute Gasteiger partial charge is 0.463 e. The summed E-state index contributed by atoms with van der Waals surface area (Å²) < 4.78 is 73.9. The van der Waals surface area contributed by atoms with Gasteiger partial charge in [-0.1, -0.05) is 0 Å². The predicted octanol–water partition coefficient (Wildman–Crippen LogP) is 2.66. The van der Waals surface area contributed by atoms with E-state index in [0.717, 1.165) is 5.32 Å². The van der Waals surface area contributed by atoms with Crippen LogP contribution in [0.25, 0.3) is 0 Å². The second-order valence-corrected chi connectivity index (χ2v) is 3.52. The van der Waals surface area contributed by atoms with E-state index in [9.17, 15) is 35.9 Å². The van der Waals surface area contributed by atoms with Crippen LogP contribution in [0.4, 0.5) is 32.0 Å². The molecule has 0 saturated heterocycles. The molecule has 0 bridgehead atoms. The van der Waals surface area contributed by atoms with Gasteiger partial charge < -0.3 is 10.4 Å². The number of carboxylic acids is 1. The number of rotatable bonds is 3. The number of carbonyl (C=O) groups excluding carboxylic acids is 1. The highest BCUT2D eigenvalue weighted by Gasteiger charge is 2.63. The Morgan fingerprint density at radius 2 is 1.65 bits per heavy atom. The van der Waals surface area contributed by atoms with Crippen molar-refractivity contribution in [3.63, 3.8) is 0 Å². The molecule has 0 fully saturated rings. The molecule has 20 heavy (non-hydrogen) atoms. The molecular formula is C10H5F6NO3. The Balaban J connectivity index is 3.12. The van der Waals surface area contributed by atoms with Crippen LogP contribution in [-0.4, -0.2) is 29.1 Å². The maximum Gasteiger partial charge on any atom is 0.463 e. The van der Waals surface area contributed by atoms with E-state index in [4.69, 9.17) is 5.11 Å². The van der Waals surface area contributed by atoms with Crippen LogP contribution >= 0.6 is 0 Å². The SMILES string of the molecule is O=C(O)c1cc(F)ccc1NC(=O)C(F)(F)C(F)(F)F. The van der Waals surface area contributed by atoms with Crippen molar-refractivity contribution in [3.8, 4) is 0 Å². The molecule has 0 atom stereocenters. The van der Waals surface area contributed by atoms with Crippen LogP contribution in [0.5, 0.6) is 0 Å². The van der Waals surface area contributed by atoms with E-state index in [1.165, 1.54) is 0 Å². The van der Waals surface area contributed by atoms with Crippen LogP contribution in [0.2, 0.25) is 0 Å². The van der Waals surface area contributed by atoms with Crippen LogP contribution in [0, 0.1) is 5.82 Å². The Labute approximate surface area is 107 Å². The Morgan fingerprint density at radius 1 is 1.10 bits per heavy atom. The number of alkyl halides is 5. The van der Waals surface area contributed by atoms with Gasteiger partial charge in [0.2, 0.25) is 0 Å². The predicted molar refractivity (Wildman–Crippen MR) is 53.0 cm³/mol. The molecule has 0 radical (unpaired) electrons. The van der Waals surface area contributed by atoms with Crippen molar-refractivity contribution in [2.45, 2.75) is 12.1 Å². The number of halogens is 6. The lowest BCUT2D eigenvalue weighted by atomic mass is 10.1. The summed E-state index contributed by atoms with van der Waals surface area (Å²) >= 11 is 0. The highest BCUT2D eigenvalue weighted by molar-refractivity contribution is 6.03. The molecule has 10 heteroatoms. The highest BCUT2D eigenvalue weighted by Crippen LogP contribution is 2.36. The first-order valence-corrected chi connectivity index (χ1v) is 4.75. The molecule has 0 aromatic heterocycles. The monoisotopic (exact) mass is 301 g/mol. The molecule has 2 N–H and O–H groups in total. The zero-order valence-corrected chi connectivity index (χ0v) is 9.26. The minimum atomic E-state index is -6.14. The average molecular weight is 301 g/mol. The molecule has 1 aromatic carbocycles. The lowest BCUT2D eigenvalue weighted by molar-refractivity contribution is -0.267. The Hall–Kier alpha value is -2.26. The minimum absolute atomic E-state index is 0.365. The van der Waals surface area contributed by atoms with Crippen molar-refractivity contribution in [1.82, 2.24) is 0 Å². The van der Waals surface area contributed by atoms with Crippen LogP contribution in [0.15, 0.2) is 18.2 Å². The fourth-order valence-electron chi connectivity index (χ4n) is 1.13. The minimum Gasteiger partial charge on any atom is -0.478 e. The standard InChI is InChI=1S/C10H5F6NO3/c11-4-1-2-6(5(3-4)7(18)19)17-8(20)9(12,13)10(14,15)16/h1-3H,(H,17,20)(H,18,19). The lowest BCUT2D eigenvalue weighted by Crippen LogP contribution is -2.47. The number of aromatic carboxylic acids is 1. The van der Waals surface area contributed by atoms with Crippen molar-refractivity contribution in [3.05, 3.63) is 29.6 Å². The van der Waals surface area contributed by atoms with E-state index in [0.29, 0.717) is 18.2 Å². The van der Waals surface area contributed by atoms with Gasteiger partial charge in [-0.2, -0.15) is 22.0 Å². The van der Waals surface area contributed by atoms with Crippen molar-refractivity contribution < 1.29 is 41.0 Å². The van der Waals surface area contributed by atoms with E-state index in [2.05, 4.69) is 0 Å². The van der Waals surface area contributed by atoms with Gasteiger partial charge in [-0.15, -0.1) is 0 Å². The number of nitrogens with one attached hydrogen (secondary N) is 1. The zero-order chi connectivity index (χ0) is 15.7. The molecule has 0 saturated carbocycles. The first-order chi connectivity index (χ1) is 8.96. The number of carboxylic acid groups (broad SMARTS) is 1. The van der Waals surface area contributed by atoms with Crippen LogP contribution < -0.4 is 5.32 Å². The summed E-state index contributed by atoms with van der Waals surface area (Å²) in [6.07, 6.45) is -6.14. The molecular weight excluding hydrogens is 296 g/mol. The molecule has 0 spiro atoms. The molecule has 1 rings (SSSR count). The van der Waals surface area contributed by atoms with Crippen LogP contribution in [0.3, 0.4) is 0 Å². The number of hydrogen-bond donors (Lipinski definition) is 2. The summed E-state index contributed by atoms with van der Waals surface area (Å²) in [5, 5.41) is 9.75. The second-order valence-electron chi connectivity index (χ2n) is 3.52. The fraction of sp³-hybridized carbons (Fsp3) is 0.200. The Kier molecular flexibility index (Phi) is 3.97. The third-order valence-corrected chi connectivity index (χ3v) is 2.10. The van der Waals surface area contributed by atoms with Gasteiger partial charge in [-0.3, -0.25) is 4.79 Å². The summed E-state index contributed by atoms with van der Waals surface area (Å²) in [5.41, 5.74) is -1.84. The van der Waals surface area contributed by atoms with Crippen LogP contribution in [0.1, 0.15) is 10.4 Å². The van der Waals surface area contributed by atoms with E-state index in [-0.39, 0.29) is 0 Å². The third kappa shape index (κ3) is 3.00. The van der Waals surface area contributed by atoms with Gasteiger partial charge in [0, 0.05) is 0 Å². The molecule has 4 nitrogen and oxygen atoms in total. The summed E-state index contributed by atoms with van der Waals surface area (Å²) in [5.74, 6) is -11.4. The maximum absolute atomic E-state index is 12.8. The first kappa shape index (κ1) is 15.8. The molecule has 1 aromatic rings. The summed E-state index contributed by atoms with van der Waals surface area (Å²) in [7, 11) is 0. The number of hydrogen-bond acceptors (Lipinski definition) is 2. The number of benzene rings is 1. The first-order valence-electron chi connectivity index (χ1n) is 4.75. The van der Waals surface area contributed by atoms with Gasteiger partial charge in [0.15, 0.2) is 0 Å².